The first-order chi connectivity index (χ1) is 7.34. The third kappa shape index (κ3) is 1.31. The number of nitrogens with one attached hydrogen (secondary N) is 1. The van der Waals surface area contributed by atoms with Gasteiger partial charge in [-0.15, -0.1) is 0 Å². The highest BCUT2D eigenvalue weighted by Gasteiger charge is 2.24. The molecule has 76 valence electrons. The number of nitrogen functional groups attached to an aromatic ring is 1. The smallest absolute Gasteiger partial charge is 0.197 e. The van der Waals surface area contributed by atoms with Gasteiger partial charge in [0.05, 0.1) is 6.20 Å². The van der Waals surface area contributed by atoms with Crippen molar-refractivity contribution < 1.29 is 0 Å². The molecule has 3 nitrogen and oxygen atoms in total. The number of rotatable bonds is 1. The van der Waals surface area contributed by atoms with Crippen LogP contribution in [0.2, 0.25) is 0 Å². The molecule has 1 unspecified atom stereocenters. The van der Waals surface area contributed by atoms with Gasteiger partial charge >= 0.3 is 0 Å². The maximum atomic E-state index is 5.60. The predicted octanol–water partition coefficient (Wildman–Crippen LogP) is 2.07. The van der Waals surface area contributed by atoms with E-state index in [1.165, 1.54) is 11.1 Å². The molecule has 0 radical (unpaired) electrons. The maximum absolute atomic E-state index is 5.60. The second kappa shape index (κ2) is 3.12. The van der Waals surface area contributed by atoms with Crippen LogP contribution >= 0.6 is 0 Å². The van der Waals surface area contributed by atoms with Crippen molar-refractivity contribution in [2.45, 2.75) is 18.8 Å². The highest BCUT2D eigenvalue weighted by molar-refractivity contribution is 5.40. The quantitative estimate of drug-likeness (QED) is 0.738. The molecule has 2 aromatic rings. The molecular weight excluding hydrogens is 186 g/mol. The van der Waals surface area contributed by atoms with Crippen LogP contribution in [0, 0.1) is 0 Å². The van der Waals surface area contributed by atoms with Crippen molar-refractivity contribution in [1.29, 1.82) is 0 Å². The van der Waals surface area contributed by atoms with Crippen molar-refractivity contribution in [3.8, 4) is 0 Å². The predicted molar refractivity (Wildman–Crippen MR) is 59.6 cm³/mol. The highest BCUT2D eigenvalue weighted by Crippen LogP contribution is 2.36. The number of H-pyrrole nitrogens is 1. The topological polar surface area (TPSA) is 54.7 Å². The van der Waals surface area contributed by atoms with Gasteiger partial charge in [0.2, 0.25) is 0 Å². The van der Waals surface area contributed by atoms with Crippen LogP contribution in [0.15, 0.2) is 30.5 Å². The molecule has 1 aromatic heterocycles. The zero-order chi connectivity index (χ0) is 10.3. The minimum Gasteiger partial charge on any atom is -0.369 e. The lowest BCUT2D eigenvalue weighted by Crippen LogP contribution is -1.96. The van der Waals surface area contributed by atoms with E-state index in [9.17, 15) is 0 Å². The van der Waals surface area contributed by atoms with Crippen molar-refractivity contribution in [2.24, 2.45) is 0 Å². The lowest BCUT2D eigenvalue weighted by Gasteiger charge is -2.08. The van der Waals surface area contributed by atoms with Gasteiger partial charge in [-0.3, -0.25) is 0 Å². The summed E-state index contributed by atoms with van der Waals surface area (Å²) in [5.41, 5.74) is 9.61. The molecule has 0 aliphatic heterocycles. The number of aromatic nitrogens is 2. The monoisotopic (exact) mass is 199 g/mol. The van der Waals surface area contributed by atoms with Crippen molar-refractivity contribution in [3.05, 3.63) is 47.3 Å². The van der Waals surface area contributed by atoms with Crippen LogP contribution in [0.3, 0.4) is 0 Å². The fraction of sp³-hybridized carbons (Fsp3) is 0.250. The number of anilines is 1. The van der Waals surface area contributed by atoms with Gasteiger partial charge in [-0.05, 0) is 24.0 Å². The van der Waals surface area contributed by atoms with Crippen molar-refractivity contribution in [1.82, 2.24) is 9.97 Å². The molecule has 1 aromatic carbocycles. The molecule has 0 bridgehead atoms. The van der Waals surface area contributed by atoms with Gasteiger partial charge < -0.3 is 10.7 Å². The number of nitrogens with zero attached hydrogens (tertiary/aromatic N) is 1. The van der Waals surface area contributed by atoms with Crippen molar-refractivity contribution >= 4 is 5.95 Å². The van der Waals surface area contributed by atoms with Crippen LogP contribution < -0.4 is 5.73 Å². The van der Waals surface area contributed by atoms with E-state index in [-0.39, 0.29) is 0 Å². The molecule has 1 atom stereocenters. The van der Waals surface area contributed by atoms with Crippen LogP contribution in [0.5, 0.6) is 0 Å². The lowest BCUT2D eigenvalue weighted by atomic mass is 9.99. The minimum absolute atomic E-state index is 0.450. The normalized spacial score (nSPS) is 19.1. The van der Waals surface area contributed by atoms with E-state index in [1.807, 2.05) is 6.20 Å². The number of nitrogens with two attached hydrogens (primary N) is 1. The van der Waals surface area contributed by atoms with Gasteiger partial charge in [-0.25, -0.2) is 4.98 Å². The largest absolute Gasteiger partial charge is 0.369 e. The average Bonchev–Trinajstić information content (AvgIpc) is 2.83. The number of hydrogen-bond donors (Lipinski definition) is 2. The van der Waals surface area contributed by atoms with Gasteiger partial charge in [-0.2, -0.15) is 0 Å². The van der Waals surface area contributed by atoms with Gasteiger partial charge in [0.25, 0.3) is 0 Å². The maximum Gasteiger partial charge on any atom is 0.197 e. The summed E-state index contributed by atoms with van der Waals surface area (Å²) in [5, 5.41) is 0. The Morgan fingerprint density at radius 2 is 2.20 bits per heavy atom. The summed E-state index contributed by atoms with van der Waals surface area (Å²) >= 11 is 0. The van der Waals surface area contributed by atoms with Crippen molar-refractivity contribution in [3.63, 3.8) is 0 Å². The van der Waals surface area contributed by atoms with Crippen LogP contribution in [0.4, 0.5) is 5.95 Å². The second-order valence-electron chi connectivity index (χ2n) is 4.01. The van der Waals surface area contributed by atoms with Gasteiger partial charge in [0.15, 0.2) is 5.95 Å². The SMILES string of the molecule is Nc1ncc(C2CCc3ccccc32)[nH]1. The van der Waals surface area contributed by atoms with E-state index in [4.69, 9.17) is 5.73 Å². The Morgan fingerprint density at radius 3 is 3.00 bits per heavy atom. The third-order valence-electron chi connectivity index (χ3n) is 3.12. The Bertz CT molecular complexity index is 487. The van der Waals surface area contributed by atoms with Crippen LogP contribution in [-0.2, 0) is 6.42 Å². The van der Waals surface area contributed by atoms with Crippen LogP contribution in [-0.4, -0.2) is 9.97 Å². The van der Waals surface area contributed by atoms with E-state index < -0.39 is 0 Å². The Balaban J connectivity index is 2.04. The molecule has 1 aliphatic carbocycles. The number of imidazole rings is 1. The Labute approximate surface area is 88.3 Å². The minimum atomic E-state index is 0.450. The summed E-state index contributed by atoms with van der Waals surface area (Å²) in [6, 6.07) is 8.60. The van der Waals surface area contributed by atoms with E-state index >= 15 is 0 Å². The van der Waals surface area contributed by atoms with Gasteiger partial charge in [0, 0.05) is 11.6 Å². The van der Waals surface area contributed by atoms with Crippen molar-refractivity contribution in [2.75, 3.05) is 5.73 Å². The van der Waals surface area contributed by atoms with E-state index in [2.05, 4.69) is 34.2 Å². The number of aryl methyl sites for hydroxylation is 1. The summed E-state index contributed by atoms with van der Waals surface area (Å²) in [4.78, 5) is 7.18. The average molecular weight is 199 g/mol. The zero-order valence-corrected chi connectivity index (χ0v) is 8.40. The first kappa shape index (κ1) is 8.53. The third-order valence-corrected chi connectivity index (χ3v) is 3.12. The first-order valence-electron chi connectivity index (χ1n) is 5.23. The first-order valence-corrected chi connectivity index (χ1v) is 5.23. The summed E-state index contributed by atoms with van der Waals surface area (Å²) in [6.07, 6.45) is 4.16. The number of hydrogen-bond acceptors (Lipinski definition) is 2. The number of aromatic amines is 1. The number of benzene rings is 1. The molecule has 0 saturated heterocycles. The molecular formula is C12H13N3. The molecule has 3 rings (SSSR count). The van der Waals surface area contributed by atoms with Crippen LogP contribution in [0.1, 0.15) is 29.2 Å². The zero-order valence-electron chi connectivity index (χ0n) is 8.40. The molecule has 0 saturated carbocycles. The molecule has 3 heteroatoms. The summed E-state index contributed by atoms with van der Waals surface area (Å²) in [7, 11) is 0. The molecule has 3 N–H and O–H groups in total. The van der Waals surface area contributed by atoms with E-state index in [1.54, 1.807) is 0 Å². The fourth-order valence-corrected chi connectivity index (χ4v) is 2.41. The Hall–Kier alpha value is -1.77. The molecule has 0 amide bonds. The standard InChI is InChI=1S/C12H13N3/c13-12-14-7-11(15-12)10-6-5-8-3-1-2-4-9(8)10/h1-4,7,10H,5-6H2,(H3,13,14,15). The fourth-order valence-electron chi connectivity index (χ4n) is 2.41. The molecule has 0 fully saturated rings. The molecule has 1 aliphatic rings. The Kier molecular flexibility index (Phi) is 1.78. The van der Waals surface area contributed by atoms with E-state index in [0.29, 0.717) is 11.9 Å². The van der Waals surface area contributed by atoms with E-state index in [0.717, 1.165) is 18.5 Å². The summed E-state index contributed by atoms with van der Waals surface area (Å²) in [5.74, 6) is 0.959. The van der Waals surface area contributed by atoms with Gasteiger partial charge in [0.1, 0.15) is 0 Å². The lowest BCUT2D eigenvalue weighted by molar-refractivity contribution is 0.767. The second-order valence-corrected chi connectivity index (χ2v) is 4.01. The van der Waals surface area contributed by atoms with Gasteiger partial charge in [-0.1, -0.05) is 24.3 Å². The van der Waals surface area contributed by atoms with Crippen LogP contribution in [0.25, 0.3) is 0 Å². The molecule has 1 heterocycles. The molecule has 0 spiro atoms. The Morgan fingerprint density at radius 1 is 1.33 bits per heavy atom. The molecule has 15 heavy (non-hydrogen) atoms. The highest BCUT2D eigenvalue weighted by atomic mass is 15.0. The summed E-state index contributed by atoms with van der Waals surface area (Å²) in [6.45, 7) is 0. The summed E-state index contributed by atoms with van der Waals surface area (Å²) < 4.78 is 0. The number of fused-ring (bicyclic) bond motifs is 1.